The SMILES string of the molecule is O=C(Cn1cccn1)NC1(C(=O)O)CCCC1. The predicted molar refractivity (Wildman–Crippen MR) is 59.2 cm³/mol. The van der Waals surface area contributed by atoms with E-state index in [0.717, 1.165) is 12.8 Å². The Morgan fingerprint density at radius 2 is 2.12 bits per heavy atom. The smallest absolute Gasteiger partial charge is 0.329 e. The lowest BCUT2D eigenvalue weighted by Crippen LogP contribution is -2.53. The first kappa shape index (κ1) is 11.6. The number of rotatable bonds is 4. The van der Waals surface area contributed by atoms with E-state index in [1.165, 1.54) is 4.68 Å². The van der Waals surface area contributed by atoms with Crippen molar-refractivity contribution in [2.75, 3.05) is 0 Å². The van der Waals surface area contributed by atoms with Gasteiger partial charge in [0.25, 0.3) is 0 Å². The summed E-state index contributed by atoms with van der Waals surface area (Å²) in [6.45, 7) is 0.0576. The number of carboxylic acid groups (broad SMARTS) is 1. The lowest BCUT2D eigenvalue weighted by atomic mass is 9.98. The van der Waals surface area contributed by atoms with Gasteiger partial charge in [-0.1, -0.05) is 12.8 Å². The maximum Gasteiger partial charge on any atom is 0.329 e. The third-order valence-electron chi connectivity index (χ3n) is 3.11. The molecule has 17 heavy (non-hydrogen) atoms. The zero-order chi connectivity index (χ0) is 12.3. The Morgan fingerprint density at radius 3 is 2.65 bits per heavy atom. The van der Waals surface area contributed by atoms with E-state index in [-0.39, 0.29) is 12.5 Å². The molecule has 6 nitrogen and oxygen atoms in total. The van der Waals surface area contributed by atoms with Crippen LogP contribution in [0.3, 0.4) is 0 Å². The second-order valence-corrected chi connectivity index (χ2v) is 4.35. The van der Waals surface area contributed by atoms with Crippen molar-refractivity contribution in [2.45, 2.75) is 37.8 Å². The molecule has 0 saturated heterocycles. The van der Waals surface area contributed by atoms with E-state index in [2.05, 4.69) is 10.4 Å². The number of aliphatic carboxylic acids is 1. The maximum atomic E-state index is 11.7. The maximum absolute atomic E-state index is 11.7. The fourth-order valence-electron chi connectivity index (χ4n) is 2.22. The topological polar surface area (TPSA) is 84.2 Å². The van der Waals surface area contributed by atoms with Crippen molar-refractivity contribution in [2.24, 2.45) is 0 Å². The molecule has 1 aromatic rings. The van der Waals surface area contributed by atoms with Crippen LogP contribution < -0.4 is 5.32 Å². The molecule has 1 amide bonds. The van der Waals surface area contributed by atoms with Crippen LogP contribution in [-0.2, 0) is 16.1 Å². The minimum Gasteiger partial charge on any atom is -0.480 e. The molecule has 2 rings (SSSR count). The number of amides is 1. The highest BCUT2D eigenvalue weighted by Gasteiger charge is 2.42. The van der Waals surface area contributed by atoms with Crippen LogP contribution in [0, 0.1) is 0 Å². The molecule has 1 fully saturated rings. The highest BCUT2D eigenvalue weighted by Crippen LogP contribution is 2.29. The van der Waals surface area contributed by atoms with Gasteiger partial charge < -0.3 is 10.4 Å². The van der Waals surface area contributed by atoms with E-state index in [9.17, 15) is 14.7 Å². The quantitative estimate of drug-likeness (QED) is 0.793. The second kappa shape index (κ2) is 4.57. The van der Waals surface area contributed by atoms with Gasteiger partial charge in [0, 0.05) is 12.4 Å². The summed E-state index contributed by atoms with van der Waals surface area (Å²) >= 11 is 0. The summed E-state index contributed by atoms with van der Waals surface area (Å²) in [7, 11) is 0. The summed E-state index contributed by atoms with van der Waals surface area (Å²) < 4.78 is 1.47. The Bertz CT molecular complexity index is 408. The first-order valence-electron chi connectivity index (χ1n) is 5.64. The van der Waals surface area contributed by atoms with Crippen LogP contribution in [0.15, 0.2) is 18.5 Å². The first-order chi connectivity index (χ1) is 8.12. The number of carbonyl (C=O) groups excluding carboxylic acids is 1. The van der Waals surface area contributed by atoms with E-state index in [4.69, 9.17) is 0 Å². The Kier molecular flexibility index (Phi) is 3.12. The minimum absolute atomic E-state index is 0.0576. The van der Waals surface area contributed by atoms with Crippen molar-refractivity contribution >= 4 is 11.9 Å². The molecule has 0 atom stereocenters. The molecule has 0 radical (unpaired) electrons. The average Bonchev–Trinajstić information content (AvgIpc) is 2.89. The number of nitrogens with zero attached hydrogens (tertiary/aromatic N) is 2. The summed E-state index contributed by atoms with van der Waals surface area (Å²) in [5, 5.41) is 15.7. The number of hydrogen-bond donors (Lipinski definition) is 2. The van der Waals surface area contributed by atoms with Crippen molar-refractivity contribution in [3.05, 3.63) is 18.5 Å². The number of carboxylic acids is 1. The summed E-state index contributed by atoms with van der Waals surface area (Å²) in [6, 6.07) is 1.72. The van der Waals surface area contributed by atoms with Crippen molar-refractivity contribution < 1.29 is 14.7 Å². The molecule has 0 spiro atoms. The third-order valence-corrected chi connectivity index (χ3v) is 3.11. The van der Waals surface area contributed by atoms with E-state index in [1.807, 2.05) is 0 Å². The van der Waals surface area contributed by atoms with Crippen LogP contribution in [-0.4, -0.2) is 32.3 Å². The van der Waals surface area contributed by atoms with E-state index in [0.29, 0.717) is 12.8 Å². The molecule has 0 bridgehead atoms. The fourth-order valence-corrected chi connectivity index (χ4v) is 2.22. The molecule has 1 aromatic heterocycles. The van der Waals surface area contributed by atoms with Crippen LogP contribution in [0.25, 0.3) is 0 Å². The average molecular weight is 237 g/mol. The molecule has 6 heteroatoms. The number of carbonyl (C=O) groups is 2. The Labute approximate surface area is 98.6 Å². The van der Waals surface area contributed by atoms with Gasteiger partial charge in [-0.15, -0.1) is 0 Å². The molecule has 1 heterocycles. The lowest BCUT2D eigenvalue weighted by Gasteiger charge is -2.25. The largest absolute Gasteiger partial charge is 0.480 e. The van der Waals surface area contributed by atoms with Gasteiger partial charge in [-0.25, -0.2) is 4.79 Å². The molecular formula is C11H15N3O3. The van der Waals surface area contributed by atoms with Gasteiger partial charge in [-0.05, 0) is 18.9 Å². The van der Waals surface area contributed by atoms with Gasteiger partial charge in [0.15, 0.2) is 0 Å². The number of hydrogen-bond acceptors (Lipinski definition) is 3. The van der Waals surface area contributed by atoms with Gasteiger partial charge in [0.2, 0.25) is 5.91 Å². The summed E-state index contributed by atoms with van der Waals surface area (Å²) in [4.78, 5) is 23.0. The van der Waals surface area contributed by atoms with Crippen molar-refractivity contribution in [1.29, 1.82) is 0 Å². The summed E-state index contributed by atoms with van der Waals surface area (Å²) in [6.07, 6.45) is 5.94. The second-order valence-electron chi connectivity index (χ2n) is 4.35. The molecule has 1 aliphatic rings. The standard InChI is InChI=1S/C11H15N3O3/c15-9(8-14-7-3-6-12-14)13-11(10(16)17)4-1-2-5-11/h3,6-7H,1-2,4-5,8H2,(H,13,15)(H,16,17). The summed E-state index contributed by atoms with van der Waals surface area (Å²) in [5.74, 6) is -1.25. The van der Waals surface area contributed by atoms with Crippen molar-refractivity contribution in [3.8, 4) is 0 Å². The van der Waals surface area contributed by atoms with E-state index in [1.54, 1.807) is 18.5 Å². The number of nitrogens with one attached hydrogen (secondary N) is 1. The Balaban J connectivity index is 1.99. The lowest BCUT2D eigenvalue weighted by molar-refractivity contribution is -0.147. The zero-order valence-electron chi connectivity index (χ0n) is 9.43. The van der Waals surface area contributed by atoms with Gasteiger partial charge in [-0.3, -0.25) is 9.48 Å². The number of aromatic nitrogens is 2. The zero-order valence-corrected chi connectivity index (χ0v) is 9.43. The van der Waals surface area contributed by atoms with Crippen molar-refractivity contribution in [1.82, 2.24) is 15.1 Å². The predicted octanol–water partition coefficient (Wildman–Crippen LogP) is 0.397. The van der Waals surface area contributed by atoms with E-state index < -0.39 is 11.5 Å². The molecule has 0 aromatic carbocycles. The molecular weight excluding hydrogens is 222 g/mol. The van der Waals surface area contributed by atoms with Crippen LogP contribution in [0.2, 0.25) is 0 Å². The van der Waals surface area contributed by atoms with E-state index >= 15 is 0 Å². The Hall–Kier alpha value is -1.85. The van der Waals surface area contributed by atoms with Crippen LogP contribution in [0.4, 0.5) is 0 Å². The highest BCUT2D eigenvalue weighted by molar-refractivity contribution is 5.87. The molecule has 1 aliphatic carbocycles. The molecule has 1 saturated carbocycles. The molecule has 92 valence electrons. The highest BCUT2D eigenvalue weighted by atomic mass is 16.4. The molecule has 0 unspecified atom stereocenters. The normalized spacial score (nSPS) is 17.9. The fraction of sp³-hybridized carbons (Fsp3) is 0.545. The Morgan fingerprint density at radius 1 is 1.41 bits per heavy atom. The monoisotopic (exact) mass is 237 g/mol. The third kappa shape index (κ3) is 2.46. The molecule has 0 aliphatic heterocycles. The van der Waals surface area contributed by atoms with Crippen molar-refractivity contribution in [3.63, 3.8) is 0 Å². The van der Waals surface area contributed by atoms with Crippen LogP contribution >= 0.6 is 0 Å². The minimum atomic E-state index is -1.07. The van der Waals surface area contributed by atoms with Gasteiger partial charge >= 0.3 is 5.97 Å². The van der Waals surface area contributed by atoms with Gasteiger partial charge in [0.1, 0.15) is 12.1 Å². The first-order valence-corrected chi connectivity index (χ1v) is 5.64. The van der Waals surface area contributed by atoms with Crippen LogP contribution in [0.1, 0.15) is 25.7 Å². The summed E-state index contributed by atoms with van der Waals surface area (Å²) in [5.41, 5.74) is -1.07. The van der Waals surface area contributed by atoms with Crippen LogP contribution in [0.5, 0.6) is 0 Å². The molecule has 2 N–H and O–H groups in total. The van der Waals surface area contributed by atoms with Gasteiger partial charge in [0.05, 0.1) is 0 Å². The van der Waals surface area contributed by atoms with Gasteiger partial charge in [-0.2, -0.15) is 5.10 Å².